The van der Waals surface area contributed by atoms with Crippen molar-refractivity contribution < 1.29 is 18.1 Å². The number of hydrogen-bond donors (Lipinski definition) is 0. The average Bonchev–Trinajstić information content (AvgIpc) is 3.16. The Bertz CT molecular complexity index is 1300. The van der Waals surface area contributed by atoms with Crippen LogP contribution in [0.25, 0.3) is 5.69 Å². The number of nitro groups is 1. The van der Waals surface area contributed by atoms with Crippen molar-refractivity contribution in [2.24, 2.45) is 0 Å². The number of alkyl halides is 3. The van der Waals surface area contributed by atoms with Gasteiger partial charge in [0, 0.05) is 23.2 Å². The molecule has 0 aliphatic heterocycles. The molecule has 0 atom stereocenters. The minimum absolute atomic E-state index is 0.0156. The largest absolute Gasteiger partial charge is 0.416 e. The van der Waals surface area contributed by atoms with Gasteiger partial charge in [0.05, 0.1) is 15.4 Å². The maximum absolute atomic E-state index is 13.1. The normalized spacial score (nSPS) is 11.5. The van der Waals surface area contributed by atoms with Gasteiger partial charge in [-0.15, -0.1) is 10.2 Å². The molecule has 0 N–H and O–H groups in total. The lowest BCUT2D eigenvalue weighted by Gasteiger charge is -2.12. The molecule has 0 bridgehead atoms. The number of nitrogens with zero attached hydrogens (tertiary/aromatic N) is 4. The molecule has 1 heterocycles. The van der Waals surface area contributed by atoms with Gasteiger partial charge in [0.15, 0.2) is 0 Å². The molecule has 4 aromatic rings. The van der Waals surface area contributed by atoms with Gasteiger partial charge < -0.3 is 0 Å². The van der Waals surface area contributed by atoms with Crippen LogP contribution in [0, 0.1) is 10.1 Å². The fourth-order valence-electron chi connectivity index (χ4n) is 3.13. The van der Waals surface area contributed by atoms with Crippen LogP contribution in [0.1, 0.15) is 17.0 Å². The van der Waals surface area contributed by atoms with Gasteiger partial charge in [-0.25, -0.2) is 0 Å². The molecule has 0 radical (unpaired) electrons. The van der Waals surface area contributed by atoms with Crippen LogP contribution in [-0.4, -0.2) is 19.7 Å². The predicted molar refractivity (Wildman–Crippen MR) is 118 cm³/mol. The van der Waals surface area contributed by atoms with Crippen LogP contribution in [0.4, 0.5) is 18.9 Å². The van der Waals surface area contributed by atoms with E-state index in [1.54, 1.807) is 28.8 Å². The van der Waals surface area contributed by atoms with Crippen LogP contribution < -0.4 is 0 Å². The van der Waals surface area contributed by atoms with Gasteiger partial charge >= 0.3 is 6.18 Å². The lowest BCUT2D eigenvalue weighted by Crippen LogP contribution is -2.06. The summed E-state index contributed by atoms with van der Waals surface area (Å²) in [7, 11) is 0. The molecule has 11 heteroatoms. The van der Waals surface area contributed by atoms with Gasteiger partial charge in [0.2, 0.25) is 5.16 Å². The quantitative estimate of drug-likeness (QED) is 0.225. The second-order valence-electron chi connectivity index (χ2n) is 6.91. The van der Waals surface area contributed by atoms with E-state index in [1.807, 2.05) is 30.3 Å². The van der Waals surface area contributed by atoms with Crippen molar-refractivity contribution in [3.8, 4) is 5.69 Å². The first-order valence-corrected chi connectivity index (χ1v) is 10.7. The molecule has 4 rings (SSSR count). The number of halogens is 4. The molecular formula is C22H14ClF3N4O2S. The highest BCUT2D eigenvalue weighted by Gasteiger charge is 2.33. The molecular weight excluding hydrogens is 477 g/mol. The zero-order valence-electron chi connectivity index (χ0n) is 16.7. The van der Waals surface area contributed by atoms with E-state index in [4.69, 9.17) is 11.6 Å². The van der Waals surface area contributed by atoms with E-state index in [9.17, 15) is 23.3 Å². The van der Waals surface area contributed by atoms with E-state index < -0.39 is 22.4 Å². The predicted octanol–water partition coefficient (Wildman–Crippen LogP) is 6.59. The third kappa shape index (κ3) is 5.18. The summed E-state index contributed by atoms with van der Waals surface area (Å²) in [5.41, 5.74) is -0.128. The molecule has 1 aromatic heterocycles. The first kappa shape index (κ1) is 22.8. The number of aromatic nitrogens is 3. The van der Waals surface area contributed by atoms with E-state index in [2.05, 4.69) is 10.2 Å². The van der Waals surface area contributed by atoms with Crippen molar-refractivity contribution in [1.29, 1.82) is 0 Å². The van der Waals surface area contributed by atoms with Crippen LogP contribution in [-0.2, 0) is 12.6 Å². The van der Waals surface area contributed by atoms with Gasteiger partial charge in [-0.05, 0) is 53.7 Å². The van der Waals surface area contributed by atoms with E-state index in [0.717, 1.165) is 29.5 Å². The van der Waals surface area contributed by atoms with Crippen molar-refractivity contribution >= 4 is 29.1 Å². The van der Waals surface area contributed by atoms with Gasteiger partial charge in [-0.1, -0.05) is 41.9 Å². The topological polar surface area (TPSA) is 73.8 Å². The molecule has 33 heavy (non-hydrogen) atoms. The van der Waals surface area contributed by atoms with Gasteiger partial charge in [-0.2, -0.15) is 13.2 Å². The molecule has 0 amide bonds. The van der Waals surface area contributed by atoms with Crippen molar-refractivity contribution in [2.75, 3.05) is 0 Å². The van der Waals surface area contributed by atoms with Crippen molar-refractivity contribution in [2.45, 2.75) is 22.6 Å². The second kappa shape index (κ2) is 9.24. The summed E-state index contributed by atoms with van der Waals surface area (Å²) >= 11 is 6.87. The third-order valence-electron chi connectivity index (χ3n) is 4.67. The number of benzene rings is 3. The van der Waals surface area contributed by atoms with Gasteiger partial charge in [0.1, 0.15) is 5.82 Å². The lowest BCUT2D eigenvalue weighted by atomic mass is 10.1. The zero-order valence-corrected chi connectivity index (χ0v) is 18.2. The standard InChI is InChI=1S/C22H14ClF3N4O2S/c23-16-7-9-17(10-8-16)29-20(12-14-4-2-1-3-5-14)27-28-21(29)33-19-11-6-15(22(24,25)26)13-18(19)30(31)32/h1-11,13H,12H2. The molecule has 0 aliphatic carbocycles. The molecule has 0 saturated carbocycles. The minimum Gasteiger partial charge on any atom is -0.273 e. The summed E-state index contributed by atoms with van der Waals surface area (Å²) in [5.74, 6) is 0.556. The van der Waals surface area contributed by atoms with Crippen LogP contribution in [0.3, 0.4) is 0 Å². The first-order valence-electron chi connectivity index (χ1n) is 9.50. The van der Waals surface area contributed by atoms with E-state index in [0.29, 0.717) is 29.0 Å². The molecule has 168 valence electrons. The Hall–Kier alpha value is -3.37. The summed E-state index contributed by atoms with van der Waals surface area (Å²) < 4.78 is 40.9. The maximum atomic E-state index is 13.1. The summed E-state index contributed by atoms with van der Waals surface area (Å²) in [6, 6.07) is 18.8. The highest BCUT2D eigenvalue weighted by atomic mass is 35.5. The first-order chi connectivity index (χ1) is 15.7. The molecule has 0 aliphatic rings. The minimum atomic E-state index is -4.69. The van der Waals surface area contributed by atoms with Gasteiger partial charge in [-0.3, -0.25) is 14.7 Å². The summed E-state index contributed by atoms with van der Waals surface area (Å²) in [5, 5.41) is 20.7. The Morgan fingerprint density at radius 1 is 1.00 bits per heavy atom. The van der Waals surface area contributed by atoms with Crippen LogP contribution in [0.2, 0.25) is 5.02 Å². The fourth-order valence-corrected chi connectivity index (χ4v) is 4.21. The number of rotatable bonds is 6. The maximum Gasteiger partial charge on any atom is 0.416 e. The SMILES string of the molecule is O=[N+]([O-])c1cc(C(F)(F)F)ccc1Sc1nnc(Cc2ccccc2)n1-c1ccc(Cl)cc1. The zero-order chi connectivity index (χ0) is 23.6. The Kier molecular flexibility index (Phi) is 6.39. The molecule has 0 spiro atoms. The highest BCUT2D eigenvalue weighted by Crippen LogP contribution is 2.39. The van der Waals surface area contributed by atoms with E-state index in [-0.39, 0.29) is 10.1 Å². The third-order valence-corrected chi connectivity index (χ3v) is 5.94. The van der Waals surface area contributed by atoms with E-state index >= 15 is 0 Å². The van der Waals surface area contributed by atoms with Crippen LogP contribution in [0.5, 0.6) is 0 Å². The van der Waals surface area contributed by atoms with Crippen molar-refractivity contribution in [1.82, 2.24) is 14.8 Å². The Balaban J connectivity index is 1.78. The molecule has 0 fully saturated rings. The smallest absolute Gasteiger partial charge is 0.273 e. The molecule has 0 saturated heterocycles. The summed E-state index contributed by atoms with van der Waals surface area (Å²) in [6.45, 7) is 0. The second-order valence-corrected chi connectivity index (χ2v) is 8.36. The Labute approximate surface area is 195 Å². The van der Waals surface area contributed by atoms with Crippen molar-refractivity contribution in [3.05, 3.63) is 105 Å². The fraction of sp³-hybridized carbons (Fsp3) is 0.0909. The van der Waals surface area contributed by atoms with Gasteiger partial charge in [0.25, 0.3) is 5.69 Å². The number of hydrogen-bond acceptors (Lipinski definition) is 5. The molecule has 0 unspecified atom stereocenters. The average molecular weight is 491 g/mol. The lowest BCUT2D eigenvalue weighted by molar-refractivity contribution is -0.388. The van der Waals surface area contributed by atoms with Crippen LogP contribution in [0.15, 0.2) is 82.8 Å². The monoisotopic (exact) mass is 490 g/mol. The number of nitro benzene ring substituents is 1. The highest BCUT2D eigenvalue weighted by molar-refractivity contribution is 7.99. The van der Waals surface area contributed by atoms with Crippen LogP contribution >= 0.6 is 23.4 Å². The van der Waals surface area contributed by atoms with E-state index in [1.165, 1.54) is 0 Å². The Morgan fingerprint density at radius 2 is 1.70 bits per heavy atom. The molecule has 6 nitrogen and oxygen atoms in total. The Morgan fingerprint density at radius 3 is 2.33 bits per heavy atom. The summed E-state index contributed by atoms with van der Waals surface area (Å²) in [4.78, 5) is 10.7. The molecule has 3 aromatic carbocycles. The van der Waals surface area contributed by atoms with Crippen molar-refractivity contribution in [3.63, 3.8) is 0 Å². The summed E-state index contributed by atoms with van der Waals surface area (Å²) in [6.07, 6.45) is -4.27.